The predicted molar refractivity (Wildman–Crippen MR) is 64.4 cm³/mol. The first kappa shape index (κ1) is 11.2. The van der Waals surface area contributed by atoms with Crippen LogP contribution in [0.5, 0.6) is 0 Å². The summed E-state index contributed by atoms with van der Waals surface area (Å²) in [4.78, 5) is 4.04. The molecule has 1 aliphatic heterocycles. The molecule has 1 aromatic heterocycles. The van der Waals surface area contributed by atoms with Gasteiger partial charge in [0.25, 0.3) is 0 Å². The summed E-state index contributed by atoms with van der Waals surface area (Å²) < 4.78 is 6.31. The molecule has 0 aromatic carbocycles. The second-order valence-corrected chi connectivity index (χ2v) is 4.72. The van der Waals surface area contributed by atoms with Gasteiger partial charge in [0.05, 0.1) is 22.5 Å². The average Bonchev–Trinajstić information content (AvgIpc) is 2.73. The highest BCUT2D eigenvalue weighted by Gasteiger charge is 2.14. The summed E-state index contributed by atoms with van der Waals surface area (Å²) in [7, 11) is 0. The number of rotatable bonds is 3. The van der Waals surface area contributed by atoms with E-state index in [0.29, 0.717) is 11.3 Å². The number of hydrogen-bond acceptors (Lipinski definition) is 3. The van der Waals surface area contributed by atoms with Crippen LogP contribution in [0.3, 0.4) is 0 Å². The summed E-state index contributed by atoms with van der Waals surface area (Å²) in [5, 5.41) is 3.76. The number of nitrogens with zero attached hydrogens (tertiary/aromatic N) is 1. The highest BCUT2D eigenvalue weighted by Crippen LogP contribution is 2.23. The molecule has 15 heavy (non-hydrogen) atoms. The molecule has 0 amide bonds. The lowest BCUT2D eigenvalue weighted by molar-refractivity contribution is 0.120. The average molecular weight is 292 g/mol. The van der Waals surface area contributed by atoms with Gasteiger partial charge in [0.2, 0.25) is 0 Å². The first-order valence-electron chi connectivity index (χ1n) is 4.92. The van der Waals surface area contributed by atoms with E-state index in [0.717, 1.165) is 36.2 Å². The van der Waals surface area contributed by atoms with Crippen molar-refractivity contribution in [2.45, 2.75) is 18.9 Å². The van der Waals surface area contributed by atoms with E-state index < -0.39 is 0 Å². The fraction of sp³-hybridized carbons (Fsp3) is 0.500. The highest BCUT2D eigenvalue weighted by atomic mass is 79.9. The van der Waals surface area contributed by atoms with Gasteiger partial charge < -0.3 is 10.1 Å². The molecule has 5 heteroatoms. The normalized spacial score (nSPS) is 20.5. The Morgan fingerprint density at radius 1 is 1.67 bits per heavy atom. The Labute approximate surface area is 102 Å². The van der Waals surface area contributed by atoms with Gasteiger partial charge in [0, 0.05) is 13.2 Å². The van der Waals surface area contributed by atoms with Crippen molar-refractivity contribution in [2.75, 3.05) is 18.5 Å². The molecule has 0 saturated carbocycles. The van der Waals surface area contributed by atoms with Gasteiger partial charge in [-0.25, -0.2) is 4.98 Å². The lowest BCUT2D eigenvalue weighted by Gasteiger charge is -2.11. The van der Waals surface area contributed by atoms with Gasteiger partial charge in [-0.15, -0.1) is 0 Å². The molecule has 82 valence electrons. The Balaban J connectivity index is 1.90. The molecule has 1 unspecified atom stereocenters. The smallest absolute Gasteiger partial charge is 0.143 e. The molecule has 2 rings (SSSR count). The zero-order valence-electron chi connectivity index (χ0n) is 8.17. The van der Waals surface area contributed by atoms with Crippen LogP contribution in [-0.2, 0) is 4.74 Å². The van der Waals surface area contributed by atoms with Gasteiger partial charge in [0.15, 0.2) is 0 Å². The van der Waals surface area contributed by atoms with Gasteiger partial charge in [-0.2, -0.15) is 0 Å². The van der Waals surface area contributed by atoms with Crippen LogP contribution in [0.2, 0.25) is 5.15 Å². The first-order valence-corrected chi connectivity index (χ1v) is 6.09. The standard InChI is InChI=1S/C10H12BrClN2O/c11-9-4-7(5-14-10(9)12)13-6-8-2-1-3-15-8/h4-5,8,13H,1-3,6H2. The van der Waals surface area contributed by atoms with Crippen molar-refractivity contribution >= 4 is 33.2 Å². The summed E-state index contributed by atoms with van der Waals surface area (Å²) in [6.07, 6.45) is 4.35. The fourth-order valence-electron chi connectivity index (χ4n) is 1.55. The Morgan fingerprint density at radius 3 is 3.20 bits per heavy atom. The molecule has 1 fully saturated rings. The number of ether oxygens (including phenoxy) is 1. The molecule has 0 aliphatic carbocycles. The molecule has 1 N–H and O–H groups in total. The van der Waals surface area contributed by atoms with Crippen LogP contribution >= 0.6 is 27.5 Å². The first-order chi connectivity index (χ1) is 7.25. The minimum atomic E-state index is 0.333. The molecule has 1 saturated heterocycles. The number of hydrogen-bond donors (Lipinski definition) is 1. The summed E-state index contributed by atoms with van der Waals surface area (Å²) in [6.45, 7) is 1.71. The van der Waals surface area contributed by atoms with Gasteiger partial charge in [0.1, 0.15) is 5.15 Å². The van der Waals surface area contributed by atoms with Crippen molar-refractivity contribution in [2.24, 2.45) is 0 Å². The van der Waals surface area contributed by atoms with Gasteiger partial charge in [-0.1, -0.05) is 11.6 Å². The van der Waals surface area contributed by atoms with E-state index in [1.54, 1.807) is 6.20 Å². The third-order valence-electron chi connectivity index (χ3n) is 2.35. The lowest BCUT2D eigenvalue weighted by Crippen LogP contribution is -2.18. The van der Waals surface area contributed by atoms with Crippen molar-refractivity contribution in [3.05, 3.63) is 21.9 Å². The largest absolute Gasteiger partial charge is 0.381 e. The molecular formula is C10H12BrClN2O. The quantitative estimate of drug-likeness (QED) is 0.869. The van der Waals surface area contributed by atoms with E-state index in [1.165, 1.54) is 0 Å². The Morgan fingerprint density at radius 2 is 2.53 bits per heavy atom. The number of halogens is 2. The Bertz CT molecular complexity index is 342. The third kappa shape index (κ3) is 3.06. The second kappa shape index (κ2) is 5.14. The van der Waals surface area contributed by atoms with Crippen LogP contribution in [0.25, 0.3) is 0 Å². The van der Waals surface area contributed by atoms with Crippen LogP contribution in [-0.4, -0.2) is 24.2 Å². The Hall–Kier alpha value is -0.320. The summed E-state index contributed by atoms with van der Waals surface area (Å²) in [5.74, 6) is 0. The zero-order valence-corrected chi connectivity index (χ0v) is 10.5. The van der Waals surface area contributed by atoms with Crippen molar-refractivity contribution in [3.8, 4) is 0 Å². The lowest BCUT2D eigenvalue weighted by atomic mass is 10.2. The minimum absolute atomic E-state index is 0.333. The van der Waals surface area contributed by atoms with Crippen LogP contribution < -0.4 is 5.32 Å². The maximum absolute atomic E-state index is 5.80. The molecule has 1 aliphatic rings. The second-order valence-electron chi connectivity index (χ2n) is 3.51. The maximum Gasteiger partial charge on any atom is 0.143 e. The minimum Gasteiger partial charge on any atom is -0.381 e. The molecule has 2 heterocycles. The fourth-order valence-corrected chi connectivity index (χ4v) is 2.01. The SMILES string of the molecule is Clc1ncc(NCC2CCCO2)cc1Br. The third-order valence-corrected chi connectivity index (χ3v) is 3.49. The van der Waals surface area contributed by atoms with Crippen LogP contribution in [0.1, 0.15) is 12.8 Å². The van der Waals surface area contributed by atoms with E-state index >= 15 is 0 Å². The number of nitrogens with one attached hydrogen (secondary N) is 1. The molecular weight excluding hydrogens is 279 g/mol. The van der Waals surface area contributed by atoms with Crippen LogP contribution in [0.15, 0.2) is 16.7 Å². The van der Waals surface area contributed by atoms with E-state index in [1.807, 2.05) is 6.07 Å². The summed E-state index contributed by atoms with van der Waals surface area (Å²) >= 11 is 9.13. The van der Waals surface area contributed by atoms with Gasteiger partial charge in [-0.3, -0.25) is 0 Å². The van der Waals surface area contributed by atoms with Gasteiger partial charge in [-0.05, 0) is 34.8 Å². The molecule has 1 atom stereocenters. The van der Waals surface area contributed by atoms with Crippen molar-refractivity contribution in [3.63, 3.8) is 0 Å². The highest BCUT2D eigenvalue weighted by molar-refractivity contribution is 9.10. The predicted octanol–water partition coefficient (Wildman–Crippen LogP) is 3.09. The number of pyridine rings is 1. The van der Waals surface area contributed by atoms with Crippen molar-refractivity contribution < 1.29 is 4.74 Å². The van der Waals surface area contributed by atoms with E-state index in [-0.39, 0.29) is 0 Å². The number of aromatic nitrogens is 1. The summed E-state index contributed by atoms with van der Waals surface area (Å²) in [6, 6.07) is 1.92. The van der Waals surface area contributed by atoms with E-state index in [4.69, 9.17) is 16.3 Å². The molecule has 0 bridgehead atoms. The van der Waals surface area contributed by atoms with Crippen molar-refractivity contribution in [1.29, 1.82) is 0 Å². The van der Waals surface area contributed by atoms with Crippen LogP contribution in [0, 0.1) is 0 Å². The van der Waals surface area contributed by atoms with Crippen LogP contribution in [0.4, 0.5) is 5.69 Å². The monoisotopic (exact) mass is 290 g/mol. The van der Waals surface area contributed by atoms with Gasteiger partial charge >= 0.3 is 0 Å². The molecule has 0 spiro atoms. The Kier molecular flexibility index (Phi) is 3.83. The molecule has 0 radical (unpaired) electrons. The summed E-state index contributed by atoms with van der Waals surface area (Å²) in [5.41, 5.74) is 0.960. The van der Waals surface area contributed by atoms with Crippen molar-refractivity contribution in [1.82, 2.24) is 4.98 Å². The molecule has 1 aromatic rings. The topological polar surface area (TPSA) is 34.2 Å². The number of anilines is 1. The maximum atomic E-state index is 5.80. The zero-order chi connectivity index (χ0) is 10.7. The molecule has 3 nitrogen and oxygen atoms in total. The van der Waals surface area contributed by atoms with E-state index in [2.05, 4.69) is 26.2 Å². The van der Waals surface area contributed by atoms with E-state index in [9.17, 15) is 0 Å².